The number of rotatable bonds is 7. The molecule has 0 bridgehead atoms. The zero-order valence-electron chi connectivity index (χ0n) is 10.8. The Labute approximate surface area is 122 Å². The van der Waals surface area contributed by atoms with Gasteiger partial charge in [0.1, 0.15) is 6.04 Å². The molecule has 0 unspecified atom stereocenters. The van der Waals surface area contributed by atoms with Crippen molar-refractivity contribution in [2.24, 2.45) is 0 Å². The van der Waals surface area contributed by atoms with E-state index in [4.69, 9.17) is 22.0 Å². The van der Waals surface area contributed by atoms with Crippen molar-refractivity contribution in [3.63, 3.8) is 0 Å². The lowest BCUT2D eigenvalue weighted by molar-refractivity contribution is -0.139. The normalized spacial score (nSPS) is 11.4. The number of unbranched alkanes of at least 4 members (excludes halogenated alkanes) is 2. The quantitative estimate of drug-likeness (QED) is 0.756. The molecule has 0 aromatic heterocycles. The van der Waals surface area contributed by atoms with Gasteiger partial charge in [0.2, 0.25) is 0 Å². The van der Waals surface area contributed by atoms with Crippen LogP contribution in [0.5, 0.6) is 0 Å². The number of hydrogen-bond donors (Lipinski definition) is 2. The lowest BCUT2D eigenvalue weighted by atomic mass is 10.1. The zero-order valence-corrected chi connectivity index (χ0v) is 11.6. The van der Waals surface area contributed by atoms with Gasteiger partial charge in [-0.3, -0.25) is 4.79 Å². The van der Waals surface area contributed by atoms with E-state index in [0.717, 1.165) is 0 Å². The third-order valence-electron chi connectivity index (χ3n) is 2.75. The fourth-order valence-corrected chi connectivity index (χ4v) is 1.91. The maximum atomic E-state index is 12.0. The highest BCUT2D eigenvalue weighted by molar-refractivity contribution is 6.33. The first-order valence-corrected chi connectivity index (χ1v) is 6.59. The molecule has 0 fully saturated rings. The summed E-state index contributed by atoms with van der Waals surface area (Å²) in [5.41, 5.74) is 0.248. The zero-order chi connectivity index (χ0) is 15.0. The van der Waals surface area contributed by atoms with Gasteiger partial charge in [0.05, 0.1) is 16.7 Å². The first kappa shape index (κ1) is 16.0. The maximum absolute atomic E-state index is 12.0. The number of benzene rings is 1. The standard InChI is InChI=1S/C14H15ClN2O3/c15-11-7-4-3-6-10(11)13(18)17-12(14(19)20)8-2-1-5-9-16/h3-4,6-7,12H,1-2,5,8H2,(H,17,18)(H,19,20)/t12-/m0/s1. The van der Waals surface area contributed by atoms with Crippen LogP contribution in [0, 0.1) is 11.3 Å². The van der Waals surface area contributed by atoms with Crippen LogP contribution in [0.3, 0.4) is 0 Å². The Bertz CT molecular complexity index is 525. The number of carboxylic acid groups (broad SMARTS) is 1. The van der Waals surface area contributed by atoms with E-state index in [1.54, 1.807) is 18.2 Å². The minimum absolute atomic E-state index is 0.248. The minimum Gasteiger partial charge on any atom is -0.480 e. The summed E-state index contributed by atoms with van der Waals surface area (Å²) in [6.45, 7) is 0. The van der Waals surface area contributed by atoms with Crippen LogP contribution in [0.2, 0.25) is 5.02 Å². The predicted molar refractivity (Wildman–Crippen MR) is 74.4 cm³/mol. The number of nitrogens with one attached hydrogen (secondary N) is 1. The largest absolute Gasteiger partial charge is 0.480 e. The molecule has 0 aliphatic heterocycles. The number of nitriles is 1. The molecule has 0 heterocycles. The molecule has 6 heteroatoms. The van der Waals surface area contributed by atoms with Crippen molar-refractivity contribution in [3.05, 3.63) is 34.9 Å². The van der Waals surface area contributed by atoms with Crippen molar-refractivity contribution in [2.45, 2.75) is 31.7 Å². The third kappa shape index (κ3) is 4.90. The second-order valence-corrected chi connectivity index (χ2v) is 4.66. The Morgan fingerprint density at radius 1 is 1.35 bits per heavy atom. The number of aliphatic carboxylic acids is 1. The third-order valence-corrected chi connectivity index (χ3v) is 3.08. The van der Waals surface area contributed by atoms with Gasteiger partial charge in [0.15, 0.2) is 0 Å². The monoisotopic (exact) mass is 294 g/mol. The van der Waals surface area contributed by atoms with E-state index in [1.807, 2.05) is 6.07 Å². The van der Waals surface area contributed by atoms with Crippen LogP contribution in [-0.2, 0) is 4.79 Å². The summed E-state index contributed by atoms with van der Waals surface area (Å²) in [5.74, 6) is -1.61. The van der Waals surface area contributed by atoms with Gasteiger partial charge in [-0.1, -0.05) is 23.7 Å². The van der Waals surface area contributed by atoms with E-state index in [1.165, 1.54) is 6.07 Å². The first-order chi connectivity index (χ1) is 9.56. The fraction of sp³-hybridized carbons (Fsp3) is 0.357. The van der Waals surface area contributed by atoms with Crippen LogP contribution < -0.4 is 5.32 Å². The predicted octanol–water partition coefficient (Wildman–Crippen LogP) is 2.61. The lowest BCUT2D eigenvalue weighted by Crippen LogP contribution is -2.40. The summed E-state index contributed by atoms with van der Waals surface area (Å²) in [4.78, 5) is 23.1. The molecule has 0 radical (unpaired) electrons. The van der Waals surface area contributed by atoms with Gasteiger partial charge in [-0.15, -0.1) is 0 Å². The van der Waals surface area contributed by atoms with Crippen molar-refractivity contribution in [1.82, 2.24) is 5.32 Å². The summed E-state index contributed by atoms with van der Waals surface area (Å²) in [6.07, 6.45) is 1.84. The molecule has 2 N–H and O–H groups in total. The molecule has 106 valence electrons. The van der Waals surface area contributed by atoms with Crippen molar-refractivity contribution in [1.29, 1.82) is 5.26 Å². The molecule has 0 saturated carbocycles. The molecule has 1 aromatic rings. The maximum Gasteiger partial charge on any atom is 0.326 e. The van der Waals surface area contributed by atoms with Crippen LogP contribution in [0.1, 0.15) is 36.0 Å². The Hall–Kier alpha value is -2.06. The number of carbonyl (C=O) groups is 2. The van der Waals surface area contributed by atoms with E-state index >= 15 is 0 Å². The molecule has 1 aromatic carbocycles. The summed E-state index contributed by atoms with van der Waals surface area (Å²) in [6, 6.07) is 7.47. The molecule has 1 atom stereocenters. The second kappa shape index (κ2) is 8.18. The van der Waals surface area contributed by atoms with Gasteiger partial charge in [-0.2, -0.15) is 5.26 Å². The topological polar surface area (TPSA) is 90.2 Å². The lowest BCUT2D eigenvalue weighted by Gasteiger charge is -2.14. The van der Waals surface area contributed by atoms with E-state index in [2.05, 4.69) is 5.32 Å². The number of carboxylic acids is 1. The summed E-state index contributed by atoms with van der Waals surface area (Å²) >= 11 is 5.88. The van der Waals surface area contributed by atoms with E-state index < -0.39 is 17.9 Å². The average Bonchev–Trinajstić information content (AvgIpc) is 2.42. The first-order valence-electron chi connectivity index (χ1n) is 6.21. The molecule has 0 spiro atoms. The van der Waals surface area contributed by atoms with Crippen molar-refractivity contribution >= 4 is 23.5 Å². The van der Waals surface area contributed by atoms with E-state index in [0.29, 0.717) is 19.3 Å². The Morgan fingerprint density at radius 3 is 2.65 bits per heavy atom. The van der Waals surface area contributed by atoms with E-state index in [9.17, 15) is 9.59 Å². The number of amides is 1. The molecular formula is C14H15ClN2O3. The molecule has 0 aliphatic carbocycles. The highest BCUT2D eigenvalue weighted by atomic mass is 35.5. The van der Waals surface area contributed by atoms with E-state index in [-0.39, 0.29) is 17.0 Å². The number of halogens is 1. The summed E-state index contributed by atoms with van der Waals surface area (Å²) < 4.78 is 0. The molecule has 20 heavy (non-hydrogen) atoms. The van der Waals surface area contributed by atoms with Crippen LogP contribution in [0.25, 0.3) is 0 Å². The van der Waals surface area contributed by atoms with Gasteiger partial charge in [-0.25, -0.2) is 4.79 Å². The van der Waals surface area contributed by atoms with Crippen molar-refractivity contribution in [3.8, 4) is 6.07 Å². The van der Waals surface area contributed by atoms with Crippen LogP contribution in [0.4, 0.5) is 0 Å². The smallest absolute Gasteiger partial charge is 0.326 e. The number of carbonyl (C=O) groups excluding carboxylic acids is 1. The number of nitrogens with zero attached hydrogens (tertiary/aromatic N) is 1. The van der Waals surface area contributed by atoms with Crippen molar-refractivity contribution < 1.29 is 14.7 Å². The Kier molecular flexibility index (Phi) is 6.54. The number of hydrogen-bond acceptors (Lipinski definition) is 3. The van der Waals surface area contributed by atoms with Crippen LogP contribution >= 0.6 is 11.6 Å². The highest BCUT2D eigenvalue weighted by Gasteiger charge is 2.21. The van der Waals surface area contributed by atoms with Gasteiger partial charge < -0.3 is 10.4 Å². The summed E-state index contributed by atoms with van der Waals surface area (Å²) in [7, 11) is 0. The van der Waals surface area contributed by atoms with Crippen LogP contribution in [-0.4, -0.2) is 23.0 Å². The summed E-state index contributed by atoms with van der Waals surface area (Å²) in [5, 5.41) is 20.2. The fourth-order valence-electron chi connectivity index (χ4n) is 1.69. The van der Waals surface area contributed by atoms with Gasteiger partial charge in [0, 0.05) is 6.42 Å². The molecular weight excluding hydrogens is 280 g/mol. The molecule has 0 aliphatic rings. The van der Waals surface area contributed by atoms with Gasteiger partial charge in [0.25, 0.3) is 5.91 Å². The minimum atomic E-state index is -1.10. The molecule has 5 nitrogen and oxygen atoms in total. The SMILES string of the molecule is N#CCCCC[C@H](NC(=O)c1ccccc1Cl)C(=O)O. The second-order valence-electron chi connectivity index (χ2n) is 4.25. The van der Waals surface area contributed by atoms with Gasteiger partial charge in [-0.05, 0) is 31.4 Å². The molecule has 1 amide bonds. The Morgan fingerprint density at radius 2 is 2.05 bits per heavy atom. The Balaban J connectivity index is 2.62. The van der Waals surface area contributed by atoms with Crippen molar-refractivity contribution in [2.75, 3.05) is 0 Å². The van der Waals surface area contributed by atoms with Gasteiger partial charge >= 0.3 is 5.97 Å². The highest BCUT2D eigenvalue weighted by Crippen LogP contribution is 2.15. The average molecular weight is 295 g/mol. The molecule has 1 rings (SSSR count). The van der Waals surface area contributed by atoms with Crippen LogP contribution in [0.15, 0.2) is 24.3 Å². The molecule has 0 saturated heterocycles.